The Morgan fingerprint density at radius 1 is 1.28 bits per heavy atom. The molecule has 1 aromatic carbocycles. The molecule has 4 rings (SSSR count). The first-order chi connectivity index (χ1) is 14.2. The number of piperidine rings is 1. The molecule has 1 atom stereocenters. The fourth-order valence-corrected chi connectivity index (χ4v) is 4.64. The normalized spacial score (nSPS) is 16.6. The number of carbonyl (C=O) groups is 1. The van der Waals surface area contributed by atoms with Crippen molar-refractivity contribution in [3.05, 3.63) is 47.5 Å². The van der Waals surface area contributed by atoms with E-state index in [9.17, 15) is 4.79 Å². The summed E-state index contributed by atoms with van der Waals surface area (Å²) in [6, 6.07) is 9.75. The molecule has 29 heavy (non-hydrogen) atoms. The second-order valence-electron chi connectivity index (χ2n) is 7.15. The van der Waals surface area contributed by atoms with Gasteiger partial charge in [0.05, 0.1) is 20.1 Å². The highest BCUT2D eigenvalue weighted by atomic mass is 32.1. The van der Waals surface area contributed by atoms with Crippen molar-refractivity contribution in [3.63, 3.8) is 0 Å². The first-order valence-corrected chi connectivity index (χ1v) is 10.6. The van der Waals surface area contributed by atoms with Crippen LogP contribution in [-0.4, -0.2) is 38.2 Å². The summed E-state index contributed by atoms with van der Waals surface area (Å²) in [7, 11) is 3.26. The van der Waals surface area contributed by atoms with Crippen LogP contribution in [0.1, 0.15) is 18.4 Å². The number of carbonyl (C=O) groups excluding carboxylic acids is 1. The highest BCUT2D eigenvalue weighted by Gasteiger charge is 2.27. The summed E-state index contributed by atoms with van der Waals surface area (Å²) < 4.78 is 11.9. The van der Waals surface area contributed by atoms with Crippen LogP contribution in [0, 0.1) is 5.92 Å². The van der Waals surface area contributed by atoms with Gasteiger partial charge in [-0.1, -0.05) is 0 Å². The Bertz CT molecular complexity index is 1000. The number of methoxy groups -OCH3 is 2. The summed E-state index contributed by atoms with van der Waals surface area (Å²) in [5, 5.41) is 6.33. The number of aromatic nitrogens is 1. The fraction of sp³-hybridized carbons (Fsp3) is 0.364. The zero-order chi connectivity index (χ0) is 20.2. The lowest BCUT2D eigenvalue weighted by Gasteiger charge is -2.33. The molecular formula is C22H25N3O3S. The van der Waals surface area contributed by atoms with Gasteiger partial charge in [-0.2, -0.15) is 0 Å². The third kappa shape index (κ3) is 4.15. The third-order valence-electron chi connectivity index (χ3n) is 5.39. The van der Waals surface area contributed by atoms with E-state index in [0.29, 0.717) is 13.1 Å². The molecule has 0 spiro atoms. The van der Waals surface area contributed by atoms with E-state index in [4.69, 9.17) is 9.47 Å². The average Bonchev–Trinajstić information content (AvgIpc) is 3.26. The van der Waals surface area contributed by atoms with Crippen molar-refractivity contribution in [2.45, 2.75) is 19.4 Å². The Morgan fingerprint density at radius 2 is 2.17 bits per heavy atom. The lowest BCUT2D eigenvalue weighted by Crippen LogP contribution is -2.43. The standard InChI is InChI=1S/C22H25N3O3S/c1-27-17-5-6-19(28-2)16(12-17)13-24-22(26)15-4-3-10-25(14-15)21-18-8-11-29-20(18)7-9-23-21/h5-9,11-12,15H,3-4,10,13-14H2,1-2H3,(H,24,26)/t15-/m0/s1. The van der Waals surface area contributed by atoms with Crippen molar-refractivity contribution in [1.29, 1.82) is 0 Å². The Kier molecular flexibility index (Phi) is 5.85. The van der Waals surface area contributed by atoms with Gasteiger partial charge >= 0.3 is 0 Å². The Labute approximate surface area is 174 Å². The van der Waals surface area contributed by atoms with Crippen LogP contribution in [0.3, 0.4) is 0 Å². The van der Waals surface area contributed by atoms with Gasteiger partial charge in [-0.25, -0.2) is 4.98 Å². The number of nitrogens with one attached hydrogen (secondary N) is 1. The molecule has 0 saturated carbocycles. The van der Waals surface area contributed by atoms with E-state index in [0.717, 1.165) is 42.3 Å². The molecule has 7 heteroatoms. The molecule has 0 unspecified atom stereocenters. The molecule has 1 aliphatic heterocycles. The quantitative estimate of drug-likeness (QED) is 0.668. The lowest BCUT2D eigenvalue weighted by atomic mass is 9.96. The molecule has 2 aromatic heterocycles. The van der Waals surface area contributed by atoms with Crippen molar-refractivity contribution in [3.8, 4) is 11.5 Å². The molecule has 0 aliphatic carbocycles. The number of thiophene rings is 1. The Hall–Kier alpha value is -2.80. The van der Waals surface area contributed by atoms with Crippen LogP contribution >= 0.6 is 11.3 Å². The minimum atomic E-state index is -0.0592. The average molecular weight is 412 g/mol. The Morgan fingerprint density at radius 3 is 3.00 bits per heavy atom. The van der Waals surface area contributed by atoms with E-state index in [-0.39, 0.29) is 11.8 Å². The van der Waals surface area contributed by atoms with Crippen molar-refractivity contribution in [2.75, 3.05) is 32.2 Å². The van der Waals surface area contributed by atoms with E-state index in [1.54, 1.807) is 25.6 Å². The van der Waals surface area contributed by atoms with Crippen molar-refractivity contribution >= 4 is 33.1 Å². The topological polar surface area (TPSA) is 63.7 Å². The molecular weight excluding hydrogens is 386 g/mol. The zero-order valence-electron chi connectivity index (χ0n) is 16.7. The maximum atomic E-state index is 12.9. The summed E-state index contributed by atoms with van der Waals surface area (Å²) in [5.41, 5.74) is 0.901. The number of fused-ring (bicyclic) bond motifs is 1. The van der Waals surface area contributed by atoms with Gasteiger partial charge in [0.2, 0.25) is 5.91 Å². The number of amides is 1. The maximum Gasteiger partial charge on any atom is 0.225 e. The van der Waals surface area contributed by atoms with Gasteiger partial charge in [0.15, 0.2) is 0 Å². The summed E-state index contributed by atoms with van der Waals surface area (Å²) in [5.74, 6) is 2.47. The third-order valence-corrected chi connectivity index (χ3v) is 6.27. The Balaban J connectivity index is 1.44. The molecule has 0 bridgehead atoms. The van der Waals surface area contributed by atoms with E-state index >= 15 is 0 Å². The highest BCUT2D eigenvalue weighted by Crippen LogP contribution is 2.31. The number of hydrogen-bond donors (Lipinski definition) is 1. The molecule has 3 heterocycles. The van der Waals surface area contributed by atoms with Crippen LogP contribution in [0.4, 0.5) is 5.82 Å². The van der Waals surface area contributed by atoms with Crippen LogP contribution < -0.4 is 19.7 Å². The van der Waals surface area contributed by atoms with Gasteiger partial charge in [-0.3, -0.25) is 4.79 Å². The lowest BCUT2D eigenvalue weighted by molar-refractivity contribution is -0.125. The van der Waals surface area contributed by atoms with Crippen LogP contribution in [0.15, 0.2) is 41.9 Å². The van der Waals surface area contributed by atoms with Gasteiger partial charge in [-0.15, -0.1) is 11.3 Å². The number of benzene rings is 1. The smallest absolute Gasteiger partial charge is 0.225 e. The van der Waals surface area contributed by atoms with Crippen LogP contribution in [0.2, 0.25) is 0 Å². The molecule has 0 radical (unpaired) electrons. The van der Waals surface area contributed by atoms with Gasteiger partial charge in [0.25, 0.3) is 0 Å². The number of anilines is 1. The molecule has 1 saturated heterocycles. The summed E-state index contributed by atoms with van der Waals surface area (Å²) in [6.45, 7) is 2.02. The summed E-state index contributed by atoms with van der Waals surface area (Å²) in [4.78, 5) is 19.7. The van der Waals surface area contributed by atoms with Gasteiger partial charge in [-0.05, 0) is 48.6 Å². The van der Waals surface area contributed by atoms with Crippen LogP contribution in [0.5, 0.6) is 11.5 Å². The second-order valence-corrected chi connectivity index (χ2v) is 8.10. The molecule has 1 N–H and O–H groups in total. The van der Waals surface area contributed by atoms with Crippen molar-refractivity contribution in [2.24, 2.45) is 5.92 Å². The predicted molar refractivity (Wildman–Crippen MR) is 116 cm³/mol. The fourth-order valence-electron chi connectivity index (χ4n) is 3.86. The minimum absolute atomic E-state index is 0.0592. The van der Waals surface area contributed by atoms with E-state index < -0.39 is 0 Å². The number of pyridine rings is 1. The largest absolute Gasteiger partial charge is 0.497 e. The van der Waals surface area contributed by atoms with E-state index in [1.807, 2.05) is 30.5 Å². The SMILES string of the molecule is COc1ccc(OC)c(CNC(=O)[C@H]2CCCN(c3nccc4sccc34)C2)c1. The highest BCUT2D eigenvalue weighted by molar-refractivity contribution is 7.17. The van der Waals surface area contributed by atoms with Crippen molar-refractivity contribution < 1.29 is 14.3 Å². The maximum absolute atomic E-state index is 12.9. The van der Waals surface area contributed by atoms with Gasteiger partial charge in [0.1, 0.15) is 17.3 Å². The second kappa shape index (κ2) is 8.69. The van der Waals surface area contributed by atoms with Crippen LogP contribution in [0.25, 0.3) is 10.1 Å². The molecule has 1 amide bonds. The van der Waals surface area contributed by atoms with Gasteiger partial charge in [0, 0.05) is 41.5 Å². The van der Waals surface area contributed by atoms with Gasteiger partial charge < -0.3 is 19.7 Å². The number of ether oxygens (including phenoxy) is 2. The number of rotatable bonds is 6. The summed E-state index contributed by atoms with van der Waals surface area (Å²) in [6.07, 6.45) is 3.72. The number of hydrogen-bond acceptors (Lipinski definition) is 6. The van der Waals surface area contributed by atoms with Crippen LogP contribution in [-0.2, 0) is 11.3 Å². The van der Waals surface area contributed by atoms with E-state index in [2.05, 4.69) is 26.6 Å². The minimum Gasteiger partial charge on any atom is -0.497 e. The monoisotopic (exact) mass is 411 g/mol. The summed E-state index contributed by atoms with van der Waals surface area (Å²) >= 11 is 1.72. The first kappa shape index (κ1) is 19.5. The van der Waals surface area contributed by atoms with E-state index in [1.165, 1.54) is 10.1 Å². The zero-order valence-corrected chi connectivity index (χ0v) is 17.5. The molecule has 6 nitrogen and oxygen atoms in total. The molecule has 1 fully saturated rings. The number of nitrogens with zero attached hydrogens (tertiary/aromatic N) is 2. The molecule has 152 valence electrons. The van der Waals surface area contributed by atoms with Crippen molar-refractivity contribution in [1.82, 2.24) is 10.3 Å². The predicted octanol–water partition coefficient (Wildman–Crippen LogP) is 3.85. The molecule has 1 aliphatic rings. The molecule has 3 aromatic rings. The first-order valence-electron chi connectivity index (χ1n) is 9.75.